The minimum atomic E-state index is -0.578. The molecular weight excluding hydrogens is 345 g/mol. The second-order valence-electron chi connectivity index (χ2n) is 5.72. The Balaban J connectivity index is 2.01. The summed E-state index contributed by atoms with van der Waals surface area (Å²) in [6, 6.07) is 11.0. The second-order valence-corrected chi connectivity index (χ2v) is 6.15. The number of aromatic nitrogens is 2. The Labute approximate surface area is 148 Å². The van der Waals surface area contributed by atoms with Gasteiger partial charge in [-0.05, 0) is 24.3 Å². The molecule has 0 unspecified atom stereocenters. The molecule has 0 aliphatic rings. The van der Waals surface area contributed by atoms with Crippen molar-refractivity contribution in [3.8, 4) is 0 Å². The Morgan fingerprint density at radius 2 is 2.00 bits per heavy atom. The van der Waals surface area contributed by atoms with Crippen LogP contribution in [0.5, 0.6) is 0 Å². The lowest BCUT2D eigenvalue weighted by Crippen LogP contribution is -2.33. The third-order valence-electron chi connectivity index (χ3n) is 3.93. The zero-order valence-corrected chi connectivity index (χ0v) is 14.4. The van der Waals surface area contributed by atoms with Crippen molar-refractivity contribution in [3.05, 3.63) is 74.8 Å². The van der Waals surface area contributed by atoms with Gasteiger partial charge < -0.3 is 4.90 Å². The van der Waals surface area contributed by atoms with Crippen LogP contribution >= 0.6 is 11.6 Å². The van der Waals surface area contributed by atoms with Crippen molar-refractivity contribution in [1.29, 1.82) is 0 Å². The van der Waals surface area contributed by atoms with Crippen molar-refractivity contribution < 1.29 is 9.18 Å². The van der Waals surface area contributed by atoms with Crippen molar-refractivity contribution in [2.75, 3.05) is 7.05 Å². The van der Waals surface area contributed by atoms with E-state index in [1.165, 1.54) is 28.8 Å². The van der Waals surface area contributed by atoms with Gasteiger partial charge >= 0.3 is 0 Å². The number of amides is 1. The molecule has 0 saturated carbocycles. The summed E-state index contributed by atoms with van der Waals surface area (Å²) in [4.78, 5) is 26.6. The standard InChI is InChI=1S/C18H15ClFN3O2/c1-22(10-11-5-3-4-6-14(11)20)18(25)16-17(24)13-9-12(19)7-8-15(13)23(2)21-16/h3-9H,10H2,1-2H3. The van der Waals surface area contributed by atoms with Crippen molar-refractivity contribution in [2.24, 2.45) is 7.05 Å². The molecule has 5 nitrogen and oxygen atoms in total. The zero-order chi connectivity index (χ0) is 18.1. The van der Waals surface area contributed by atoms with Crippen LogP contribution in [0.3, 0.4) is 0 Å². The zero-order valence-electron chi connectivity index (χ0n) is 13.7. The first-order valence-electron chi connectivity index (χ1n) is 7.54. The molecule has 128 valence electrons. The summed E-state index contributed by atoms with van der Waals surface area (Å²) < 4.78 is 15.2. The van der Waals surface area contributed by atoms with Crippen LogP contribution in [0.4, 0.5) is 4.39 Å². The van der Waals surface area contributed by atoms with Gasteiger partial charge in [-0.3, -0.25) is 14.3 Å². The van der Waals surface area contributed by atoms with Crippen molar-refractivity contribution in [2.45, 2.75) is 6.54 Å². The number of carbonyl (C=O) groups is 1. The van der Waals surface area contributed by atoms with Crippen molar-refractivity contribution in [3.63, 3.8) is 0 Å². The lowest BCUT2D eigenvalue weighted by atomic mass is 10.1. The number of halogens is 2. The highest BCUT2D eigenvalue weighted by Crippen LogP contribution is 2.16. The van der Waals surface area contributed by atoms with Gasteiger partial charge in [0.2, 0.25) is 5.43 Å². The quantitative estimate of drug-likeness (QED) is 0.722. The van der Waals surface area contributed by atoms with Crippen LogP contribution in [-0.4, -0.2) is 27.6 Å². The lowest BCUT2D eigenvalue weighted by molar-refractivity contribution is 0.0774. The molecule has 1 aromatic heterocycles. The third-order valence-corrected chi connectivity index (χ3v) is 4.17. The Morgan fingerprint density at radius 3 is 2.72 bits per heavy atom. The average Bonchev–Trinajstić information content (AvgIpc) is 2.59. The largest absolute Gasteiger partial charge is 0.336 e. The fraction of sp³-hybridized carbons (Fsp3) is 0.167. The lowest BCUT2D eigenvalue weighted by Gasteiger charge is -2.17. The molecule has 0 aliphatic carbocycles. The number of hydrogen-bond donors (Lipinski definition) is 0. The molecule has 0 N–H and O–H groups in total. The fourth-order valence-electron chi connectivity index (χ4n) is 2.62. The highest BCUT2D eigenvalue weighted by Gasteiger charge is 2.21. The average molecular weight is 360 g/mol. The molecule has 0 saturated heterocycles. The molecule has 0 fully saturated rings. The van der Waals surface area contributed by atoms with Crippen molar-refractivity contribution >= 4 is 28.4 Å². The van der Waals surface area contributed by atoms with Crippen LogP contribution in [0.2, 0.25) is 5.02 Å². The van der Waals surface area contributed by atoms with Gasteiger partial charge in [0.15, 0.2) is 5.69 Å². The maximum atomic E-state index is 13.8. The fourth-order valence-corrected chi connectivity index (χ4v) is 2.80. The van der Waals surface area contributed by atoms with E-state index in [9.17, 15) is 14.0 Å². The minimum Gasteiger partial charge on any atom is -0.336 e. The van der Waals surface area contributed by atoms with E-state index >= 15 is 0 Å². The Bertz CT molecular complexity index is 1030. The van der Waals surface area contributed by atoms with Crippen LogP contribution < -0.4 is 5.43 Å². The predicted octanol–water partition coefficient (Wildman–Crippen LogP) is 3.00. The molecule has 0 aliphatic heterocycles. The van der Waals surface area contributed by atoms with E-state index in [0.717, 1.165) is 0 Å². The van der Waals surface area contributed by atoms with Gasteiger partial charge in [-0.25, -0.2) is 4.39 Å². The van der Waals surface area contributed by atoms with Gasteiger partial charge in [-0.2, -0.15) is 5.10 Å². The number of carbonyl (C=O) groups excluding carboxylic acids is 1. The molecule has 3 aromatic rings. The SMILES string of the molecule is CN(Cc1ccccc1F)C(=O)c1nn(C)c2ccc(Cl)cc2c1=O. The summed E-state index contributed by atoms with van der Waals surface area (Å²) in [5.74, 6) is -0.987. The molecule has 0 atom stereocenters. The summed E-state index contributed by atoms with van der Waals surface area (Å²) in [6.45, 7) is 0.0317. The number of rotatable bonds is 3. The first-order chi connectivity index (χ1) is 11.9. The molecule has 7 heteroatoms. The Kier molecular flexibility index (Phi) is 4.55. The molecule has 0 radical (unpaired) electrons. The van der Waals surface area contributed by atoms with Gasteiger partial charge in [0.05, 0.1) is 10.9 Å². The highest BCUT2D eigenvalue weighted by atomic mass is 35.5. The second kappa shape index (κ2) is 6.64. The van der Waals surface area contributed by atoms with E-state index in [0.29, 0.717) is 21.5 Å². The van der Waals surface area contributed by atoms with Gasteiger partial charge in [-0.1, -0.05) is 29.8 Å². The van der Waals surface area contributed by atoms with E-state index in [1.54, 1.807) is 37.4 Å². The van der Waals surface area contributed by atoms with Gasteiger partial charge in [0, 0.05) is 31.2 Å². The number of benzene rings is 2. The Morgan fingerprint density at radius 1 is 1.28 bits per heavy atom. The van der Waals surface area contributed by atoms with Crippen LogP contribution in [-0.2, 0) is 13.6 Å². The van der Waals surface area contributed by atoms with E-state index in [1.807, 2.05) is 0 Å². The molecule has 2 aromatic carbocycles. The van der Waals surface area contributed by atoms with E-state index in [-0.39, 0.29) is 12.2 Å². The number of aryl methyl sites for hydroxylation is 1. The van der Waals surface area contributed by atoms with Gasteiger partial charge in [0.1, 0.15) is 5.82 Å². The van der Waals surface area contributed by atoms with Gasteiger partial charge in [0.25, 0.3) is 5.91 Å². The van der Waals surface area contributed by atoms with Gasteiger partial charge in [-0.15, -0.1) is 0 Å². The van der Waals surface area contributed by atoms with Crippen LogP contribution in [0, 0.1) is 5.82 Å². The van der Waals surface area contributed by atoms with Crippen LogP contribution in [0.25, 0.3) is 10.9 Å². The predicted molar refractivity (Wildman–Crippen MR) is 94.2 cm³/mol. The number of hydrogen-bond acceptors (Lipinski definition) is 3. The molecule has 0 spiro atoms. The molecule has 3 rings (SSSR count). The van der Waals surface area contributed by atoms with E-state index in [2.05, 4.69) is 5.10 Å². The summed E-state index contributed by atoms with van der Waals surface area (Å²) in [5.41, 5.74) is 0.207. The summed E-state index contributed by atoms with van der Waals surface area (Å²) in [6.07, 6.45) is 0. The first kappa shape index (κ1) is 17.1. The minimum absolute atomic E-state index is 0.0317. The smallest absolute Gasteiger partial charge is 0.278 e. The molecular formula is C18H15ClFN3O2. The summed E-state index contributed by atoms with van der Waals surface area (Å²) in [7, 11) is 3.14. The third kappa shape index (κ3) is 3.25. The van der Waals surface area contributed by atoms with E-state index in [4.69, 9.17) is 11.6 Å². The van der Waals surface area contributed by atoms with Crippen LogP contribution in [0.1, 0.15) is 16.1 Å². The number of fused-ring (bicyclic) bond motifs is 1. The highest BCUT2D eigenvalue weighted by molar-refractivity contribution is 6.31. The Hall–Kier alpha value is -2.73. The maximum absolute atomic E-state index is 13.8. The molecule has 1 heterocycles. The van der Waals surface area contributed by atoms with Crippen LogP contribution in [0.15, 0.2) is 47.3 Å². The monoisotopic (exact) mass is 359 g/mol. The maximum Gasteiger partial charge on any atom is 0.278 e. The normalized spacial score (nSPS) is 10.9. The summed E-state index contributed by atoms with van der Waals surface area (Å²) in [5, 5.41) is 4.80. The first-order valence-corrected chi connectivity index (χ1v) is 7.91. The molecule has 25 heavy (non-hydrogen) atoms. The number of nitrogens with zero attached hydrogens (tertiary/aromatic N) is 3. The molecule has 0 bridgehead atoms. The summed E-state index contributed by atoms with van der Waals surface area (Å²) >= 11 is 5.96. The van der Waals surface area contributed by atoms with E-state index < -0.39 is 17.2 Å². The van der Waals surface area contributed by atoms with Crippen molar-refractivity contribution in [1.82, 2.24) is 14.7 Å². The molecule has 1 amide bonds. The topological polar surface area (TPSA) is 55.2 Å².